The summed E-state index contributed by atoms with van der Waals surface area (Å²) in [5.41, 5.74) is 3.47. The Morgan fingerprint density at radius 3 is 2.47 bits per heavy atom. The number of ether oxygens (including phenoxy) is 1. The zero-order valence-corrected chi connectivity index (χ0v) is 18.2. The topological polar surface area (TPSA) is 55.2 Å². The summed E-state index contributed by atoms with van der Waals surface area (Å²) in [6, 6.07) is 9.59. The maximum absolute atomic E-state index is 13.5. The van der Waals surface area contributed by atoms with Crippen molar-refractivity contribution in [3.05, 3.63) is 59.9 Å². The average Bonchev–Trinajstić information content (AvgIpc) is 3.25. The smallest absolute Gasteiger partial charge is 0.246 e. The van der Waals surface area contributed by atoms with Crippen molar-refractivity contribution in [1.82, 2.24) is 14.8 Å². The predicted octanol–water partition coefficient (Wildman–Crippen LogP) is 5.14. The van der Waals surface area contributed by atoms with Crippen LogP contribution in [0.5, 0.6) is 0 Å². The molecule has 2 aromatic carbocycles. The van der Waals surface area contributed by atoms with Gasteiger partial charge in [0.2, 0.25) is 5.95 Å². The predicted molar refractivity (Wildman–Crippen MR) is 120 cm³/mol. The van der Waals surface area contributed by atoms with Gasteiger partial charge in [0.1, 0.15) is 18.0 Å². The molecule has 0 atom stereocenters. The molecule has 6 nitrogen and oxygen atoms in total. The van der Waals surface area contributed by atoms with Crippen molar-refractivity contribution in [3.63, 3.8) is 0 Å². The second-order valence-corrected chi connectivity index (χ2v) is 8.74. The molecule has 1 N–H and O–H groups in total. The lowest BCUT2D eigenvalue weighted by atomic mass is 9.84. The van der Waals surface area contributed by atoms with Gasteiger partial charge < -0.3 is 15.0 Å². The Balaban J connectivity index is 1.30. The number of nitrogens with zero attached hydrogens (tertiary/aromatic N) is 4. The summed E-state index contributed by atoms with van der Waals surface area (Å²) in [5.74, 6) is -0.950. The Bertz CT molecular complexity index is 1080. The van der Waals surface area contributed by atoms with Gasteiger partial charge >= 0.3 is 0 Å². The SMILES string of the molecule is Cc1ccc(N2CCC3(CCCCO3)CC2)cc1Nc1ncn(-c2cc(F)cc(F)c2)n1. The first-order valence-electron chi connectivity index (χ1n) is 11.1. The van der Waals surface area contributed by atoms with E-state index in [0.717, 1.165) is 55.5 Å². The Labute approximate surface area is 186 Å². The van der Waals surface area contributed by atoms with E-state index in [4.69, 9.17) is 4.74 Å². The van der Waals surface area contributed by atoms with Crippen LogP contribution >= 0.6 is 0 Å². The largest absolute Gasteiger partial charge is 0.375 e. The lowest BCUT2D eigenvalue weighted by Gasteiger charge is -2.44. The lowest BCUT2D eigenvalue weighted by Crippen LogP contribution is -2.47. The van der Waals surface area contributed by atoms with Gasteiger partial charge in [0.05, 0.1) is 11.3 Å². The molecule has 0 bridgehead atoms. The van der Waals surface area contributed by atoms with Crippen molar-refractivity contribution in [2.24, 2.45) is 0 Å². The van der Waals surface area contributed by atoms with Gasteiger partial charge in [-0.15, -0.1) is 5.10 Å². The number of hydrogen-bond donors (Lipinski definition) is 1. The van der Waals surface area contributed by atoms with E-state index in [0.29, 0.717) is 5.95 Å². The molecular formula is C24H27F2N5O. The van der Waals surface area contributed by atoms with Gasteiger partial charge in [0.15, 0.2) is 0 Å². The van der Waals surface area contributed by atoms with Crippen LogP contribution in [0.4, 0.5) is 26.1 Å². The molecule has 5 rings (SSSR count). The fourth-order valence-electron chi connectivity index (χ4n) is 4.65. The zero-order chi connectivity index (χ0) is 22.1. The molecule has 168 valence electrons. The van der Waals surface area contributed by atoms with Gasteiger partial charge in [0, 0.05) is 37.1 Å². The highest BCUT2D eigenvalue weighted by Gasteiger charge is 2.36. The van der Waals surface area contributed by atoms with Gasteiger partial charge in [-0.25, -0.2) is 13.5 Å². The zero-order valence-electron chi connectivity index (χ0n) is 18.2. The van der Waals surface area contributed by atoms with Crippen LogP contribution in [0.25, 0.3) is 5.69 Å². The van der Waals surface area contributed by atoms with Crippen LogP contribution < -0.4 is 10.2 Å². The summed E-state index contributed by atoms with van der Waals surface area (Å²) in [6.07, 6.45) is 7.16. The molecular weight excluding hydrogens is 412 g/mol. The minimum Gasteiger partial charge on any atom is -0.375 e. The maximum atomic E-state index is 13.5. The molecule has 0 radical (unpaired) electrons. The van der Waals surface area contributed by atoms with Crippen LogP contribution in [0, 0.1) is 18.6 Å². The number of piperidine rings is 1. The highest BCUT2D eigenvalue weighted by molar-refractivity contribution is 5.66. The van der Waals surface area contributed by atoms with Gasteiger partial charge in [0.25, 0.3) is 0 Å². The summed E-state index contributed by atoms with van der Waals surface area (Å²) in [5, 5.41) is 7.58. The number of nitrogens with one attached hydrogen (secondary N) is 1. The number of anilines is 3. The minimum absolute atomic E-state index is 0.0771. The van der Waals surface area contributed by atoms with Gasteiger partial charge in [-0.1, -0.05) is 6.07 Å². The van der Waals surface area contributed by atoms with Crippen LogP contribution in [-0.2, 0) is 4.74 Å². The summed E-state index contributed by atoms with van der Waals surface area (Å²) >= 11 is 0. The molecule has 2 saturated heterocycles. The van der Waals surface area contributed by atoms with Crippen molar-refractivity contribution < 1.29 is 13.5 Å². The van der Waals surface area contributed by atoms with Crippen molar-refractivity contribution >= 4 is 17.3 Å². The van der Waals surface area contributed by atoms with Crippen LogP contribution in [-0.4, -0.2) is 40.1 Å². The lowest BCUT2D eigenvalue weighted by molar-refractivity contribution is -0.0920. The molecule has 0 amide bonds. The van der Waals surface area contributed by atoms with Crippen molar-refractivity contribution in [2.75, 3.05) is 29.9 Å². The highest BCUT2D eigenvalue weighted by atomic mass is 19.1. The Kier molecular flexibility index (Phi) is 5.55. The Morgan fingerprint density at radius 2 is 1.75 bits per heavy atom. The third kappa shape index (κ3) is 4.32. The van der Waals surface area contributed by atoms with Crippen LogP contribution in [0.2, 0.25) is 0 Å². The van der Waals surface area contributed by atoms with Crippen molar-refractivity contribution in [3.8, 4) is 5.69 Å². The molecule has 3 aromatic rings. The first-order valence-corrected chi connectivity index (χ1v) is 11.1. The number of aryl methyl sites for hydroxylation is 1. The second kappa shape index (κ2) is 8.50. The van der Waals surface area contributed by atoms with E-state index in [1.807, 2.05) is 6.92 Å². The quantitative estimate of drug-likeness (QED) is 0.610. The second-order valence-electron chi connectivity index (χ2n) is 8.74. The normalized spacial score (nSPS) is 18.2. The van der Waals surface area contributed by atoms with E-state index >= 15 is 0 Å². The van der Waals surface area contributed by atoms with Crippen LogP contribution in [0.15, 0.2) is 42.7 Å². The summed E-state index contributed by atoms with van der Waals surface area (Å²) in [6.45, 7) is 4.85. The highest BCUT2D eigenvalue weighted by Crippen LogP contribution is 2.37. The molecule has 1 aromatic heterocycles. The number of halogens is 2. The fraction of sp³-hybridized carbons (Fsp3) is 0.417. The van der Waals surface area contributed by atoms with Gasteiger partial charge in [-0.2, -0.15) is 4.98 Å². The number of aromatic nitrogens is 3. The molecule has 3 heterocycles. The Hall–Kier alpha value is -3.00. The molecule has 2 aliphatic heterocycles. The van der Waals surface area contributed by atoms with Crippen molar-refractivity contribution in [1.29, 1.82) is 0 Å². The number of hydrogen-bond acceptors (Lipinski definition) is 5. The Morgan fingerprint density at radius 1 is 0.969 bits per heavy atom. The summed E-state index contributed by atoms with van der Waals surface area (Å²) in [4.78, 5) is 6.65. The molecule has 1 spiro atoms. The average molecular weight is 440 g/mol. The first kappa shape index (κ1) is 20.9. The third-order valence-electron chi connectivity index (χ3n) is 6.55. The molecule has 0 saturated carbocycles. The maximum Gasteiger partial charge on any atom is 0.246 e. The van der Waals surface area contributed by atoms with E-state index < -0.39 is 11.6 Å². The summed E-state index contributed by atoms with van der Waals surface area (Å²) in [7, 11) is 0. The van der Waals surface area contributed by atoms with Gasteiger partial charge in [-0.05, 0) is 68.9 Å². The molecule has 32 heavy (non-hydrogen) atoms. The molecule has 0 aliphatic carbocycles. The monoisotopic (exact) mass is 439 g/mol. The number of benzene rings is 2. The number of rotatable bonds is 4. The molecule has 2 fully saturated rings. The minimum atomic E-state index is -0.657. The van der Waals surface area contributed by atoms with E-state index in [9.17, 15) is 8.78 Å². The van der Waals surface area contributed by atoms with Crippen molar-refractivity contribution in [2.45, 2.75) is 44.6 Å². The third-order valence-corrected chi connectivity index (χ3v) is 6.55. The van der Waals surface area contributed by atoms with Crippen LogP contribution in [0.1, 0.15) is 37.7 Å². The van der Waals surface area contributed by atoms with E-state index in [2.05, 4.69) is 38.5 Å². The van der Waals surface area contributed by atoms with Gasteiger partial charge in [-0.3, -0.25) is 0 Å². The first-order chi connectivity index (χ1) is 15.5. The molecule has 8 heteroatoms. The molecule has 2 aliphatic rings. The van der Waals surface area contributed by atoms with E-state index in [-0.39, 0.29) is 11.3 Å². The van der Waals surface area contributed by atoms with E-state index in [1.165, 1.54) is 42.4 Å². The van der Waals surface area contributed by atoms with Crippen LogP contribution in [0.3, 0.4) is 0 Å². The van der Waals surface area contributed by atoms with E-state index in [1.54, 1.807) is 0 Å². The summed E-state index contributed by atoms with van der Waals surface area (Å²) < 4.78 is 34.6. The fourth-order valence-corrected chi connectivity index (χ4v) is 4.65. The standard InChI is InChI=1S/C24H27F2N5O/c1-17-4-5-20(30-9-7-24(8-10-30)6-2-3-11-32-24)15-22(17)28-23-27-16-31(29-23)21-13-18(25)12-19(26)14-21/h4-5,12-16H,2-3,6-11H2,1H3,(H,28,29). The molecule has 0 unspecified atom stereocenters.